The maximum Gasteiger partial charge on any atom is 0.387 e. The monoisotopic (exact) mass is 438 g/mol. The van der Waals surface area contributed by atoms with Crippen LogP contribution in [0.4, 0.5) is 8.78 Å². The van der Waals surface area contributed by atoms with E-state index >= 15 is 0 Å². The Balaban J connectivity index is 1.68. The number of rotatable bonds is 7. The summed E-state index contributed by atoms with van der Waals surface area (Å²) in [4.78, 5) is 14.4. The summed E-state index contributed by atoms with van der Waals surface area (Å²) in [5, 5.41) is 0. The van der Waals surface area contributed by atoms with Crippen LogP contribution in [0.3, 0.4) is 0 Å². The van der Waals surface area contributed by atoms with Crippen LogP contribution < -0.4 is 4.74 Å². The third-order valence-corrected chi connectivity index (χ3v) is 6.87. The fraction of sp³-hybridized carbons (Fsp3) is 0.381. The van der Waals surface area contributed by atoms with Gasteiger partial charge in [-0.1, -0.05) is 37.6 Å². The Labute approximate surface area is 175 Å². The Kier molecular flexibility index (Phi) is 7.04. The molecule has 162 valence electrons. The first kappa shape index (κ1) is 22.2. The van der Waals surface area contributed by atoms with Gasteiger partial charge in [0.15, 0.2) is 0 Å². The number of amides is 1. The fourth-order valence-corrected chi connectivity index (χ4v) is 4.83. The Morgan fingerprint density at radius 1 is 1.03 bits per heavy atom. The fourth-order valence-electron chi connectivity index (χ4n) is 3.41. The number of halogens is 2. The molecule has 2 aromatic carbocycles. The summed E-state index contributed by atoms with van der Waals surface area (Å²) in [5.41, 5.74) is 1.11. The minimum atomic E-state index is -3.66. The molecule has 0 saturated carbocycles. The van der Waals surface area contributed by atoms with Crippen molar-refractivity contribution >= 4 is 15.9 Å². The molecule has 30 heavy (non-hydrogen) atoms. The lowest BCUT2D eigenvalue weighted by Crippen LogP contribution is -2.50. The number of piperazine rings is 1. The van der Waals surface area contributed by atoms with Gasteiger partial charge >= 0.3 is 6.61 Å². The first-order valence-electron chi connectivity index (χ1n) is 9.75. The lowest BCUT2D eigenvalue weighted by atomic mass is 10.1. The van der Waals surface area contributed by atoms with Crippen LogP contribution in [0.25, 0.3) is 0 Å². The summed E-state index contributed by atoms with van der Waals surface area (Å²) >= 11 is 0. The van der Waals surface area contributed by atoms with Gasteiger partial charge in [-0.15, -0.1) is 0 Å². The summed E-state index contributed by atoms with van der Waals surface area (Å²) in [7, 11) is -3.66. The zero-order valence-corrected chi connectivity index (χ0v) is 17.4. The molecule has 0 bridgehead atoms. The van der Waals surface area contributed by atoms with Gasteiger partial charge in [-0.2, -0.15) is 13.1 Å². The van der Waals surface area contributed by atoms with E-state index < -0.39 is 22.5 Å². The highest BCUT2D eigenvalue weighted by atomic mass is 32.2. The highest BCUT2D eigenvalue weighted by Crippen LogP contribution is 2.24. The second kappa shape index (κ2) is 9.53. The van der Waals surface area contributed by atoms with Crippen molar-refractivity contribution in [1.82, 2.24) is 9.21 Å². The summed E-state index contributed by atoms with van der Waals surface area (Å²) in [6.45, 7) is -0.400. The van der Waals surface area contributed by atoms with Crippen LogP contribution in [-0.2, 0) is 16.4 Å². The molecular formula is C21H24F2N2O4S. The number of hydrogen-bond acceptors (Lipinski definition) is 4. The number of carbonyl (C=O) groups is 1. The van der Waals surface area contributed by atoms with Gasteiger partial charge in [-0.25, -0.2) is 8.42 Å². The average Bonchev–Trinajstić information content (AvgIpc) is 2.74. The topological polar surface area (TPSA) is 66.9 Å². The second-order valence-corrected chi connectivity index (χ2v) is 8.90. The van der Waals surface area contributed by atoms with Crippen LogP contribution in [0.15, 0.2) is 53.4 Å². The van der Waals surface area contributed by atoms with Crippen molar-refractivity contribution in [2.45, 2.75) is 31.3 Å². The zero-order valence-electron chi connectivity index (χ0n) is 16.6. The standard InChI is InChI=1S/C21H24F2N2O4S/c1-2-5-16-8-10-17(11-9-16)30(27,28)25-14-12-24(13-15-25)20(26)18-6-3-4-7-19(18)29-21(22)23/h3-4,6-11,21H,2,5,12-15H2,1H3. The highest BCUT2D eigenvalue weighted by Gasteiger charge is 2.31. The van der Waals surface area contributed by atoms with Crippen molar-refractivity contribution < 1.29 is 26.7 Å². The van der Waals surface area contributed by atoms with Gasteiger partial charge in [0.1, 0.15) is 5.75 Å². The van der Waals surface area contributed by atoms with Gasteiger partial charge in [0.25, 0.3) is 5.91 Å². The van der Waals surface area contributed by atoms with E-state index in [1.165, 1.54) is 27.4 Å². The molecule has 1 heterocycles. The molecule has 9 heteroatoms. The number of para-hydroxylation sites is 1. The summed E-state index contributed by atoms with van der Waals surface area (Å²) in [5.74, 6) is -0.660. The van der Waals surface area contributed by atoms with Crippen molar-refractivity contribution in [3.8, 4) is 5.75 Å². The zero-order chi connectivity index (χ0) is 21.7. The summed E-state index contributed by atoms with van der Waals surface area (Å²) < 4.78 is 56.8. The SMILES string of the molecule is CCCc1ccc(S(=O)(=O)N2CCN(C(=O)c3ccccc3OC(F)F)CC2)cc1. The maximum absolute atomic E-state index is 12.9. The maximum atomic E-state index is 12.9. The summed E-state index contributed by atoms with van der Waals surface area (Å²) in [6, 6.07) is 12.6. The van der Waals surface area contributed by atoms with E-state index in [0.717, 1.165) is 18.4 Å². The molecule has 0 spiro atoms. The van der Waals surface area contributed by atoms with Crippen molar-refractivity contribution in [3.05, 3.63) is 59.7 Å². The van der Waals surface area contributed by atoms with Gasteiger partial charge in [0.05, 0.1) is 10.5 Å². The van der Waals surface area contributed by atoms with E-state index in [2.05, 4.69) is 11.7 Å². The van der Waals surface area contributed by atoms with Crippen LogP contribution in [-0.4, -0.2) is 56.3 Å². The van der Waals surface area contributed by atoms with Crippen LogP contribution in [0, 0.1) is 0 Å². The Morgan fingerprint density at radius 3 is 2.27 bits per heavy atom. The molecule has 0 aromatic heterocycles. The summed E-state index contributed by atoms with van der Waals surface area (Å²) in [6.07, 6.45) is 1.87. The van der Waals surface area contributed by atoms with Gasteiger partial charge in [0, 0.05) is 26.2 Å². The van der Waals surface area contributed by atoms with Gasteiger partial charge < -0.3 is 9.64 Å². The number of benzene rings is 2. The Hall–Kier alpha value is -2.52. The molecular weight excluding hydrogens is 414 g/mol. The van der Waals surface area contributed by atoms with Crippen molar-refractivity contribution in [2.24, 2.45) is 0 Å². The number of aryl methyl sites for hydroxylation is 1. The molecule has 0 aliphatic carbocycles. The van der Waals surface area contributed by atoms with E-state index in [4.69, 9.17) is 0 Å². The first-order valence-corrected chi connectivity index (χ1v) is 11.2. The largest absolute Gasteiger partial charge is 0.434 e. The van der Waals surface area contributed by atoms with Crippen LogP contribution in [0.5, 0.6) is 5.75 Å². The minimum absolute atomic E-state index is 0.0284. The predicted octanol–water partition coefficient (Wildman–Crippen LogP) is 3.39. The van der Waals surface area contributed by atoms with Gasteiger partial charge in [0.2, 0.25) is 10.0 Å². The molecule has 6 nitrogen and oxygen atoms in total. The highest BCUT2D eigenvalue weighted by molar-refractivity contribution is 7.89. The third-order valence-electron chi connectivity index (χ3n) is 4.96. The molecule has 2 aromatic rings. The molecule has 0 unspecified atom stereocenters. The molecule has 0 N–H and O–H groups in total. The number of alkyl halides is 2. The number of carbonyl (C=O) groups excluding carboxylic acids is 1. The lowest BCUT2D eigenvalue weighted by molar-refractivity contribution is -0.0503. The number of ether oxygens (including phenoxy) is 1. The molecule has 1 amide bonds. The van der Waals surface area contributed by atoms with Crippen LogP contribution in [0.1, 0.15) is 29.3 Å². The number of hydrogen-bond donors (Lipinski definition) is 0. The normalized spacial score (nSPS) is 15.4. The van der Waals surface area contributed by atoms with Crippen LogP contribution >= 0.6 is 0 Å². The Morgan fingerprint density at radius 2 is 1.67 bits per heavy atom. The Bertz CT molecular complexity index is 973. The quantitative estimate of drug-likeness (QED) is 0.665. The average molecular weight is 438 g/mol. The molecule has 1 fully saturated rings. The van der Waals surface area contributed by atoms with Gasteiger partial charge in [-0.05, 0) is 36.2 Å². The van der Waals surface area contributed by atoms with E-state index in [9.17, 15) is 22.0 Å². The van der Waals surface area contributed by atoms with Crippen molar-refractivity contribution in [2.75, 3.05) is 26.2 Å². The number of nitrogens with zero attached hydrogens (tertiary/aromatic N) is 2. The molecule has 1 aliphatic heterocycles. The molecule has 1 saturated heterocycles. The molecule has 0 atom stereocenters. The van der Waals surface area contributed by atoms with Gasteiger partial charge in [-0.3, -0.25) is 4.79 Å². The first-order chi connectivity index (χ1) is 14.3. The molecule has 3 rings (SSSR count). The predicted molar refractivity (Wildman–Crippen MR) is 108 cm³/mol. The number of sulfonamides is 1. The van der Waals surface area contributed by atoms with E-state index in [-0.39, 0.29) is 42.4 Å². The molecule has 1 aliphatic rings. The van der Waals surface area contributed by atoms with Crippen molar-refractivity contribution in [3.63, 3.8) is 0 Å². The van der Waals surface area contributed by atoms with E-state index in [1.54, 1.807) is 18.2 Å². The second-order valence-electron chi connectivity index (χ2n) is 6.96. The smallest absolute Gasteiger partial charge is 0.387 e. The lowest BCUT2D eigenvalue weighted by Gasteiger charge is -2.34. The minimum Gasteiger partial charge on any atom is -0.434 e. The van der Waals surface area contributed by atoms with Crippen LogP contribution in [0.2, 0.25) is 0 Å². The molecule has 0 radical (unpaired) electrons. The van der Waals surface area contributed by atoms with E-state index in [0.29, 0.717) is 0 Å². The third kappa shape index (κ3) is 4.96. The van der Waals surface area contributed by atoms with E-state index in [1.807, 2.05) is 12.1 Å². The van der Waals surface area contributed by atoms with Crippen molar-refractivity contribution in [1.29, 1.82) is 0 Å².